The van der Waals surface area contributed by atoms with Crippen LogP contribution in [0.5, 0.6) is 0 Å². The van der Waals surface area contributed by atoms with E-state index < -0.39 is 0 Å². The second kappa shape index (κ2) is 2.78. The molecule has 3 heterocycles. The Morgan fingerprint density at radius 2 is 2.43 bits per heavy atom. The van der Waals surface area contributed by atoms with Crippen molar-refractivity contribution in [3.63, 3.8) is 0 Å². The van der Waals surface area contributed by atoms with Gasteiger partial charge in [0.25, 0.3) is 5.91 Å². The van der Waals surface area contributed by atoms with E-state index in [9.17, 15) is 4.79 Å². The molecule has 70 valence electrons. The molecule has 0 saturated carbocycles. The average molecular weight is 204 g/mol. The van der Waals surface area contributed by atoms with Crippen LogP contribution in [0.15, 0.2) is 35.0 Å². The first kappa shape index (κ1) is 7.94. The van der Waals surface area contributed by atoms with Gasteiger partial charge in [0, 0.05) is 23.1 Å². The molecule has 1 aromatic rings. The molecule has 0 spiro atoms. The molecule has 0 unspecified atom stereocenters. The molecule has 2 aliphatic heterocycles. The molecule has 4 heteroatoms. The summed E-state index contributed by atoms with van der Waals surface area (Å²) < 4.78 is 1.86. The van der Waals surface area contributed by atoms with Crippen molar-refractivity contribution >= 4 is 23.9 Å². The van der Waals surface area contributed by atoms with Gasteiger partial charge in [-0.05, 0) is 18.2 Å². The fourth-order valence-electron chi connectivity index (χ4n) is 1.62. The number of thioether (sulfide) groups is 1. The molecule has 1 aromatic heterocycles. The number of hydrogen-bond acceptors (Lipinski definition) is 2. The van der Waals surface area contributed by atoms with E-state index in [1.807, 2.05) is 35.2 Å². The van der Waals surface area contributed by atoms with Crippen molar-refractivity contribution in [3.05, 3.63) is 40.7 Å². The van der Waals surface area contributed by atoms with Crippen LogP contribution in [0.1, 0.15) is 10.5 Å². The standard InChI is InChI=1S/C10H8N2OS/c13-10-8-2-1-4-12(8)6-9-7(11-10)3-5-14-9/h1-4,6H,5H2,(H,11,13). The van der Waals surface area contributed by atoms with Crippen LogP contribution in [-0.4, -0.2) is 16.2 Å². The molecule has 14 heavy (non-hydrogen) atoms. The van der Waals surface area contributed by atoms with Crippen molar-refractivity contribution in [3.8, 4) is 0 Å². The maximum absolute atomic E-state index is 11.7. The van der Waals surface area contributed by atoms with Crippen molar-refractivity contribution in [2.45, 2.75) is 0 Å². The highest BCUT2D eigenvalue weighted by Gasteiger charge is 2.21. The molecule has 0 aliphatic carbocycles. The van der Waals surface area contributed by atoms with Crippen LogP contribution < -0.4 is 5.32 Å². The zero-order valence-electron chi connectivity index (χ0n) is 7.36. The van der Waals surface area contributed by atoms with E-state index in [0.717, 1.165) is 16.4 Å². The van der Waals surface area contributed by atoms with Gasteiger partial charge in [-0.15, -0.1) is 11.8 Å². The van der Waals surface area contributed by atoms with Crippen molar-refractivity contribution in [1.29, 1.82) is 0 Å². The first-order chi connectivity index (χ1) is 6.84. The summed E-state index contributed by atoms with van der Waals surface area (Å²) in [4.78, 5) is 12.8. The van der Waals surface area contributed by atoms with Crippen molar-refractivity contribution in [2.75, 3.05) is 5.75 Å². The van der Waals surface area contributed by atoms with Gasteiger partial charge in [0.15, 0.2) is 0 Å². The van der Waals surface area contributed by atoms with E-state index in [0.29, 0.717) is 5.69 Å². The summed E-state index contributed by atoms with van der Waals surface area (Å²) in [6.45, 7) is 0. The smallest absolute Gasteiger partial charge is 0.272 e. The van der Waals surface area contributed by atoms with Crippen LogP contribution in [0.4, 0.5) is 0 Å². The van der Waals surface area contributed by atoms with Crippen LogP contribution in [0.3, 0.4) is 0 Å². The molecule has 3 rings (SSSR count). The van der Waals surface area contributed by atoms with E-state index in [-0.39, 0.29) is 5.91 Å². The molecule has 0 fully saturated rings. The number of carbonyl (C=O) groups is 1. The van der Waals surface area contributed by atoms with E-state index >= 15 is 0 Å². The van der Waals surface area contributed by atoms with Gasteiger partial charge >= 0.3 is 0 Å². The number of nitrogens with zero attached hydrogens (tertiary/aromatic N) is 1. The number of rotatable bonds is 0. The third-order valence-corrected chi connectivity index (χ3v) is 3.28. The average Bonchev–Trinajstić information content (AvgIpc) is 2.75. The summed E-state index contributed by atoms with van der Waals surface area (Å²) in [7, 11) is 0. The predicted molar refractivity (Wildman–Crippen MR) is 56.7 cm³/mol. The summed E-state index contributed by atoms with van der Waals surface area (Å²) in [5.74, 6) is 0.910. The lowest BCUT2D eigenvalue weighted by atomic mass is 10.3. The highest BCUT2D eigenvalue weighted by Crippen LogP contribution is 2.32. The Morgan fingerprint density at radius 1 is 1.50 bits per heavy atom. The Hall–Kier alpha value is -1.42. The van der Waals surface area contributed by atoms with Gasteiger partial charge in [0.1, 0.15) is 5.69 Å². The number of hydrogen-bond donors (Lipinski definition) is 1. The summed E-state index contributed by atoms with van der Waals surface area (Å²) >= 11 is 1.74. The molecule has 1 amide bonds. The maximum atomic E-state index is 11.7. The van der Waals surface area contributed by atoms with Crippen molar-refractivity contribution in [2.24, 2.45) is 0 Å². The Morgan fingerprint density at radius 3 is 3.36 bits per heavy atom. The molecule has 0 radical (unpaired) electrons. The van der Waals surface area contributed by atoms with Crippen molar-refractivity contribution in [1.82, 2.24) is 9.88 Å². The van der Waals surface area contributed by atoms with Crippen LogP contribution in [0.25, 0.3) is 6.20 Å². The summed E-state index contributed by atoms with van der Waals surface area (Å²) in [5.41, 5.74) is 1.64. The summed E-state index contributed by atoms with van der Waals surface area (Å²) in [6, 6.07) is 3.69. The molecular formula is C10H8N2OS. The summed E-state index contributed by atoms with van der Waals surface area (Å²) in [6.07, 6.45) is 5.93. The Kier molecular flexibility index (Phi) is 1.58. The third kappa shape index (κ3) is 1.04. The van der Waals surface area contributed by atoms with Gasteiger partial charge in [0.05, 0.1) is 5.70 Å². The first-order valence-electron chi connectivity index (χ1n) is 4.38. The molecule has 3 nitrogen and oxygen atoms in total. The molecule has 2 aliphatic rings. The Labute approximate surface area is 85.5 Å². The highest BCUT2D eigenvalue weighted by atomic mass is 32.2. The lowest BCUT2D eigenvalue weighted by Crippen LogP contribution is -2.21. The minimum atomic E-state index is -0.0324. The second-order valence-electron chi connectivity index (χ2n) is 3.18. The molecular weight excluding hydrogens is 196 g/mol. The molecule has 0 bridgehead atoms. The fraction of sp³-hybridized carbons (Fsp3) is 0.100. The number of aromatic nitrogens is 1. The zero-order chi connectivity index (χ0) is 9.54. The largest absolute Gasteiger partial charge is 0.320 e. The van der Waals surface area contributed by atoms with E-state index in [1.165, 1.54) is 0 Å². The second-order valence-corrected chi connectivity index (χ2v) is 4.24. The number of nitrogens with one attached hydrogen (secondary N) is 1. The highest BCUT2D eigenvalue weighted by molar-refractivity contribution is 8.03. The minimum Gasteiger partial charge on any atom is -0.320 e. The fourth-order valence-corrected chi connectivity index (χ4v) is 2.53. The van der Waals surface area contributed by atoms with E-state index in [1.54, 1.807) is 11.8 Å². The van der Waals surface area contributed by atoms with Gasteiger partial charge < -0.3 is 9.88 Å². The number of carbonyl (C=O) groups excluding carboxylic acids is 1. The van der Waals surface area contributed by atoms with Crippen molar-refractivity contribution < 1.29 is 4.79 Å². The lowest BCUT2D eigenvalue weighted by Gasteiger charge is -2.01. The Balaban J connectivity index is 2.19. The maximum Gasteiger partial charge on any atom is 0.272 e. The third-order valence-electron chi connectivity index (χ3n) is 2.31. The SMILES string of the molecule is O=C1NC2=CCSC2=Cn2cccc21. The van der Waals surface area contributed by atoms with Gasteiger partial charge in [-0.1, -0.05) is 0 Å². The van der Waals surface area contributed by atoms with Gasteiger partial charge in [-0.25, -0.2) is 0 Å². The number of fused-ring (bicyclic) bond motifs is 2. The molecule has 0 aromatic carbocycles. The molecule has 0 saturated heterocycles. The van der Waals surface area contributed by atoms with E-state index in [4.69, 9.17) is 0 Å². The normalized spacial score (nSPS) is 19.0. The predicted octanol–water partition coefficient (Wildman–Crippen LogP) is 1.66. The Bertz CT molecular complexity index is 470. The van der Waals surface area contributed by atoms with Gasteiger partial charge in [-0.3, -0.25) is 4.79 Å². The molecule has 1 N–H and O–H groups in total. The number of amides is 1. The van der Waals surface area contributed by atoms with Crippen LogP contribution in [0, 0.1) is 0 Å². The lowest BCUT2D eigenvalue weighted by molar-refractivity contribution is 0.0962. The molecule has 0 atom stereocenters. The van der Waals surface area contributed by atoms with Crippen LogP contribution in [-0.2, 0) is 0 Å². The first-order valence-corrected chi connectivity index (χ1v) is 5.36. The summed E-state index contributed by atoms with van der Waals surface area (Å²) in [5, 5.41) is 2.90. The van der Waals surface area contributed by atoms with E-state index in [2.05, 4.69) is 5.32 Å². The zero-order valence-corrected chi connectivity index (χ0v) is 8.17. The minimum absolute atomic E-state index is 0.0324. The van der Waals surface area contributed by atoms with Gasteiger partial charge in [0.2, 0.25) is 0 Å². The monoisotopic (exact) mass is 204 g/mol. The topological polar surface area (TPSA) is 34.0 Å². The quantitative estimate of drug-likeness (QED) is 0.697. The van der Waals surface area contributed by atoms with Crippen LogP contribution >= 0.6 is 11.8 Å². The van der Waals surface area contributed by atoms with Gasteiger partial charge in [-0.2, -0.15) is 0 Å². The van der Waals surface area contributed by atoms with Crippen LogP contribution in [0.2, 0.25) is 0 Å².